The Kier molecular flexibility index (Phi) is 4.17. The van der Waals surface area contributed by atoms with Gasteiger partial charge in [0, 0.05) is 25.7 Å². The normalized spacial score (nSPS) is 29.3. The van der Waals surface area contributed by atoms with Crippen LogP contribution in [0.4, 0.5) is 0 Å². The van der Waals surface area contributed by atoms with E-state index in [-0.39, 0.29) is 12.1 Å². The number of fused-ring (bicyclic) bond motifs is 4. The summed E-state index contributed by atoms with van der Waals surface area (Å²) in [4.78, 5) is 13.4. The first-order valence-electron chi connectivity index (χ1n) is 10.6. The van der Waals surface area contributed by atoms with Gasteiger partial charge in [0.1, 0.15) is 6.10 Å². The first-order valence-corrected chi connectivity index (χ1v) is 10.6. The van der Waals surface area contributed by atoms with E-state index in [9.17, 15) is 4.79 Å². The van der Waals surface area contributed by atoms with Gasteiger partial charge in [-0.3, -0.25) is 0 Å². The third kappa shape index (κ3) is 2.64. The van der Waals surface area contributed by atoms with Gasteiger partial charge in [0.2, 0.25) is 0 Å². The summed E-state index contributed by atoms with van der Waals surface area (Å²) in [6, 6.07) is 19.7. The zero-order valence-electron chi connectivity index (χ0n) is 16.7. The van der Waals surface area contributed by atoms with E-state index in [1.807, 2.05) is 36.4 Å². The first kappa shape index (κ1) is 17.7. The molecule has 3 aromatic carbocycles. The summed E-state index contributed by atoms with van der Waals surface area (Å²) >= 11 is 0. The van der Waals surface area contributed by atoms with Gasteiger partial charge in [0.25, 0.3) is 0 Å². The molecule has 5 rings (SSSR count). The van der Waals surface area contributed by atoms with Gasteiger partial charge in [-0.25, -0.2) is 4.79 Å². The molecule has 2 unspecified atom stereocenters. The average Bonchev–Trinajstić information content (AvgIpc) is 2.88. The highest BCUT2D eigenvalue weighted by Crippen LogP contribution is 2.42. The maximum absolute atomic E-state index is 13.4. The van der Waals surface area contributed by atoms with Crippen molar-refractivity contribution in [3.8, 4) is 0 Å². The molecule has 2 aliphatic rings. The van der Waals surface area contributed by atoms with Crippen LogP contribution in [0.15, 0.2) is 54.6 Å². The molecule has 0 radical (unpaired) electrons. The lowest BCUT2D eigenvalue weighted by molar-refractivity contribution is -0.947. The Hall–Kier alpha value is -2.39. The number of piperidine rings is 1. The van der Waals surface area contributed by atoms with Crippen molar-refractivity contribution in [2.45, 2.75) is 50.8 Å². The second kappa shape index (κ2) is 6.59. The van der Waals surface area contributed by atoms with E-state index in [4.69, 9.17) is 4.74 Å². The van der Waals surface area contributed by atoms with Gasteiger partial charge in [0.15, 0.2) is 0 Å². The van der Waals surface area contributed by atoms with E-state index in [0.29, 0.717) is 12.1 Å². The van der Waals surface area contributed by atoms with Crippen LogP contribution < -0.4 is 0 Å². The van der Waals surface area contributed by atoms with Gasteiger partial charge in [-0.15, -0.1) is 0 Å². The lowest BCUT2D eigenvalue weighted by Crippen LogP contribution is -2.58. The number of quaternary nitrogens is 1. The minimum atomic E-state index is -0.162. The molecule has 144 valence electrons. The lowest BCUT2D eigenvalue weighted by Gasteiger charge is -2.46. The van der Waals surface area contributed by atoms with Crippen molar-refractivity contribution in [3.05, 3.63) is 60.2 Å². The van der Waals surface area contributed by atoms with Gasteiger partial charge < -0.3 is 9.22 Å². The second-order valence-corrected chi connectivity index (χ2v) is 8.74. The molecular formula is C25H28NO2+. The van der Waals surface area contributed by atoms with Crippen molar-refractivity contribution in [3.63, 3.8) is 0 Å². The summed E-state index contributed by atoms with van der Waals surface area (Å²) in [6.45, 7) is 3.46. The van der Waals surface area contributed by atoms with E-state index < -0.39 is 0 Å². The Labute approximate surface area is 166 Å². The third-order valence-corrected chi connectivity index (χ3v) is 7.50. The Morgan fingerprint density at radius 3 is 2.04 bits per heavy atom. The smallest absolute Gasteiger partial charge is 0.339 e. The molecule has 2 aliphatic heterocycles. The molecule has 3 heteroatoms. The summed E-state index contributed by atoms with van der Waals surface area (Å²) < 4.78 is 7.32. The SMILES string of the molecule is CC[N+]1(C)C2CCC1CC(OC(=O)c1c3ccccc3cc3ccccc13)C2. The zero-order chi connectivity index (χ0) is 19.3. The van der Waals surface area contributed by atoms with Crippen molar-refractivity contribution in [1.82, 2.24) is 0 Å². The van der Waals surface area contributed by atoms with Crippen LogP contribution in [0.1, 0.15) is 43.0 Å². The summed E-state index contributed by atoms with van der Waals surface area (Å²) in [6.07, 6.45) is 4.56. The van der Waals surface area contributed by atoms with Gasteiger partial charge >= 0.3 is 5.97 Å². The summed E-state index contributed by atoms with van der Waals surface area (Å²) in [5, 5.41) is 4.15. The zero-order valence-corrected chi connectivity index (χ0v) is 16.7. The Morgan fingerprint density at radius 1 is 0.964 bits per heavy atom. The number of carbonyl (C=O) groups is 1. The fraction of sp³-hybridized carbons (Fsp3) is 0.400. The van der Waals surface area contributed by atoms with Crippen molar-refractivity contribution < 1.29 is 14.0 Å². The largest absolute Gasteiger partial charge is 0.458 e. The Balaban J connectivity index is 1.50. The molecule has 2 saturated heterocycles. The number of benzene rings is 3. The van der Waals surface area contributed by atoms with Crippen molar-refractivity contribution >= 4 is 27.5 Å². The molecule has 0 aliphatic carbocycles. The molecule has 2 heterocycles. The summed E-state index contributed by atoms with van der Waals surface area (Å²) in [7, 11) is 2.39. The van der Waals surface area contributed by atoms with Crippen LogP contribution in [0.3, 0.4) is 0 Å². The van der Waals surface area contributed by atoms with E-state index in [1.165, 1.54) is 19.4 Å². The number of hydrogen-bond donors (Lipinski definition) is 0. The van der Waals surface area contributed by atoms with Crippen molar-refractivity contribution in [2.75, 3.05) is 13.6 Å². The average molecular weight is 375 g/mol. The highest BCUT2D eigenvalue weighted by atomic mass is 16.5. The number of nitrogens with zero attached hydrogens (tertiary/aromatic N) is 1. The number of carbonyl (C=O) groups excluding carboxylic acids is 1. The maximum Gasteiger partial charge on any atom is 0.339 e. The second-order valence-electron chi connectivity index (χ2n) is 8.74. The molecular weight excluding hydrogens is 346 g/mol. The minimum absolute atomic E-state index is 0.0421. The third-order valence-electron chi connectivity index (χ3n) is 7.50. The standard InChI is InChI=1S/C25H28NO2/c1-3-26(2)19-12-13-20(26)16-21(15-19)28-25(27)24-22-10-6-4-8-17(22)14-18-9-5-7-11-23(18)24/h4-11,14,19-21H,3,12-13,15-16H2,1-2H3/q+1. The monoisotopic (exact) mass is 374 g/mol. The molecule has 2 bridgehead atoms. The minimum Gasteiger partial charge on any atom is -0.458 e. The van der Waals surface area contributed by atoms with Crippen LogP contribution in [0, 0.1) is 0 Å². The van der Waals surface area contributed by atoms with Gasteiger partial charge in [0.05, 0.1) is 31.2 Å². The van der Waals surface area contributed by atoms with Crippen LogP contribution in [0.25, 0.3) is 21.5 Å². The molecule has 2 fully saturated rings. The van der Waals surface area contributed by atoms with Crippen molar-refractivity contribution in [2.24, 2.45) is 0 Å². The van der Waals surface area contributed by atoms with Gasteiger partial charge in [-0.05, 0) is 34.5 Å². The van der Waals surface area contributed by atoms with Crippen LogP contribution in [-0.2, 0) is 4.74 Å². The molecule has 0 amide bonds. The van der Waals surface area contributed by atoms with Crippen LogP contribution in [0.5, 0.6) is 0 Å². The maximum atomic E-state index is 13.4. The Bertz CT molecular complexity index is 989. The summed E-state index contributed by atoms with van der Waals surface area (Å²) in [5.41, 5.74) is 0.722. The molecule has 2 atom stereocenters. The van der Waals surface area contributed by atoms with Crippen LogP contribution >= 0.6 is 0 Å². The Morgan fingerprint density at radius 2 is 1.50 bits per heavy atom. The molecule has 3 nitrogen and oxygen atoms in total. The number of ether oxygens (including phenoxy) is 1. The predicted octanol–water partition coefficient (Wildman–Crippen LogP) is 5.31. The van der Waals surface area contributed by atoms with E-state index in [1.54, 1.807) is 0 Å². The van der Waals surface area contributed by atoms with Gasteiger partial charge in [-0.2, -0.15) is 0 Å². The van der Waals surface area contributed by atoms with Crippen LogP contribution in [-0.4, -0.2) is 42.2 Å². The van der Waals surface area contributed by atoms with E-state index in [2.05, 4.69) is 32.2 Å². The molecule has 3 aromatic rings. The number of hydrogen-bond acceptors (Lipinski definition) is 2. The fourth-order valence-electron chi connectivity index (χ4n) is 5.75. The molecule has 0 N–H and O–H groups in total. The molecule has 0 saturated carbocycles. The predicted molar refractivity (Wildman–Crippen MR) is 113 cm³/mol. The van der Waals surface area contributed by atoms with Crippen molar-refractivity contribution in [1.29, 1.82) is 0 Å². The number of esters is 1. The molecule has 0 spiro atoms. The van der Waals surface area contributed by atoms with E-state index in [0.717, 1.165) is 44.4 Å². The quantitative estimate of drug-likeness (QED) is 0.353. The highest BCUT2D eigenvalue weighted by molar-refractivity contribution is 6.16. The molecule has 28 heavy (non-hydrogen) atoms. The van der Waals surface area contributed by atoms with Gasteiger partial charge in [-0.1, -0.05) is 48.5 Å². The number of rotatable bonds is 3. The summed E-state index contributed by atoms with van der Waals surface area (Å²) in [5.74, 6) is -0.162. The highest BCUT2D eigenvalue weighted by Gasteiger charge is 2.51. The first-order chi connectivity index (χ1) is 13.6. The van der Waals surface area contributed by atoms with Crippen LogP contribution in [0.2, 0.25) is 0 Å². The fourth-order valence-corrected chi connectivity index (χ4v) is 5.75. The van der Waals surface area contributed by atoms with E-state index >= 15 is 0 Å². The lowest BCUT2D eigenvalue weighted by atomic mass is 9.95. The molecule has 0 aromatic heterocycles. The topological polar surface area (TPSA) is 26.3 Å².